The number of nitrogens with zero attached hydrogens (tertiary/aromatic N) is 2. The number of hydrogen-bond acceptors (Lipinski definition) is 2. The molecule has 77 valence electrons. The van der Waals surface area contributed by atoms with Gasteiger partial charge in [0.25, 0.3) is 0 Å². The highest BCUT2D eigenvalue weighted by molar-refractivity contribution is 6.37. The SMILES string of the molecule is Cn1[c]cc(Oc2c(Cl)cccc2Cl)n1. The fourth-order valence-corrected chi connectivity index (χ4v) is 1.56. The zero-order valence-electron chi connectivity index (χ0n) is 7.87. The molecular formula is C10H7Cl2N2O. The minimum absolute atomic E-state index is 0.410. The Morgan fingerprint density at radius 1 is 1.33 bits per heavy atom. The van der Waals surface area contributed by atoms with Crippen LogP contribution in [0, 0.1) is 6.20 Å². The van der Waals surface area contributed by atoms with Gasteiger partial charge in [0, 0.05) is 13.1 Å². The lowest BCUT2D eigenvalue weighted by molar-refractivity contribution is 0.454. The van der Waals surface area contributed by atoms with Crippen molar-refractivity contribution in [2.45, 2.75) is 0 Å². The first-order chi connectivity index (χ1) is 7.16. The second-order valence-corrected chi connectivity index (χ2v) is 3.70. The molecule has 0 aliphatic rings. The van der Waals surface area contributed by atoms with Gasteiger partial charge in [-0.3, -0.25) is 4.68 Å². The average Bonchev–Trinajstić information content (AvgIpc) is 2.58. The molecule has 1 heterocycles. The predicted octanol–water partition coefficient (Wildman–Crippen LogP) is 3.32. The van der Waals surface area contributed by atoms with Crippen LogP contribution < -0.4 is 4.74 Å². The summed E-state index contributed by atoms with van der Waals surface area (Å²) in [6, 6.07) is 6.77. The molecule has 0 N–H and O–H groups in total. The van der Waals surface area contributed by atoms with Gasteiger partial charge in [-0.1, -0.05) is 29.3 Å². The average molecular weight is 242 g/mol. The molecular weight excluding hydrogens is 235 g/mol. The Kier molecular flexibility index (Phi) is 2.84. The van der Waals surface area contributed by atoms with E-state index < -0.39 is 0 Å². The summed E-state index contributed by atoms with van der Waals surface area (Å²) in [7, 11) is 1.75. The quantitative estimate of drug-likeness (QED) is 0.807. The maximum absolute atomic E-state index is 5.93. The zero-order valence-corrected chi connectivity index (χ0v) is 9.38. The number of para-hydroxylation sites is 1. The summed E-state index contributed by atoms with van der Waals surface area (Å²) >= 11 is 11.9. The van der Waals surface area contributed by atoms with Crippen LogP contribution in [0.15, 0.2) is 24.3 Å². The summed E-state index contributed by atoms with van der Waals surface area (Å²) in [5.41, 5.74) is 0. The van der Waals surface area contributed by atoms with Crippen LogP contribution in [0.4, 0.5) is 0 Å². The molecule has 0 amide bonds. The van der Waals surface area contributed by atoms with E-state index in [9.17, 15) is 0 Å². The van der Waals surface area contributed by atoms with Crippen LogP contribution in [0.5, 0.6) is 11.6 Å². The third-order valence-electron chi connectivity index (χ3n) is 1.75. The smallest absolute Gasteiger partial charge is 0.239 e. The van der Waals surface area contributed by atoms with Crippen molar-refractivity contribution in [3.8, 4) is 11.6 Å². The van der Waals surface area contributed by atoms with Gasteiger partial charge in [0.2, 0.25) is 5.88 Å². The predicted molar refractivity (Wildman–Crippen MR) is 58.6 cm³/mol. The third-order valence-corrected chi connectivity index (χ3v) is 2.34. The van der Waals surface area contributed by atoms with Crippen LogP contribution >= 0.6 is 23.2 Å². The molecule has 0 saturated heterocycles. The van der Waals surface area contributed by atoms with Gasteiger partial charge < -0.3 is 4.74 Å². The van der Waals surface area contributed by atoms with Gasteiger partial charge in [0.05, 0.1) is 16.2 Å². The second kappa shape index (κ2) is 4.13. The molecule has 0 atom stereocenters. The Hall–Kier alpha value is -1.19. The summed E-state index contributed by atoms with van der Waals surface area (Å²) in [5.74, 6) is 0.820. The van der Waals surface area contributed by atoms with Crippen molar-refractivity contribution >= 4 is 23.2 Å². The first-order valence-electron chi connectivity index (χ1n) is 4.20. The van der Waals surface area contributed by atoms with E-state index in [1.54, 1.807) is 31.3 Å². The summed E-state index contributed by atoms with van der Waals surface area (Å²) in [6.07, 6.45) is 2.82. The molecule has 0 unspecified atom stereocenters. The van der Waals surface area contributed by atoms with Crippen LogP contribution in [0.2, 0.25) is 10.0 Å². The van der Waals surface area contributed by atoms with Crippen LogP contribution in [-0.4, -0.2) is 9.78 Å². The summed E-state index contributed by atoms with van der Waals surface area (Å²) in [4.78, 5) is 0. The van der Waals surface area contributed by atoms with Crippen molar-refractivity contribution in [1.29, 1.82) is 0 Å². The molecule has 0 aliphatic carbocycles. The van der Waals surface area contributed by atoms with Gasteiger partial charge in [0.1, 0.15) is 0 Å². The van der Waals surface area contributed by atoms with E-state index in [0.717, 1.165) is 0 Å². The lowest BCUT2D eigenvalue weighted by atomic mass is 10.3. The standard InChI is InChI=1S/C10H7Cl2N2O/c1-14-6-5-9(13-14)15-10-7(11)3-2-4-8(10)12/h2-5H,1H3. The van der Waals surface area contributed by atoms with Crippen molar-refractivity contribution < 1.29 is 4.74 Å². The second-order valence-electron chi connectivity index (χ2n) is 2.89. The number of benzene rings is 1. The molecule has 0 aliphatic heterocycles. The molecule has 0 saturated carbocycles. The topological polar surface area (TPSA) is 27.1 Å². The lowest BCUT2D eigenvalue weighted by Crippen LogP contribution is -1.90. The molecule has 2 aromatic rings. The lowest BCUT2D eigenvalue weighted by Gasteiger charge is -2.05. The number of rotatable bonds is 2. The van der Waals surface area contributed by atoms with E-state index in [1.165, 1.54) is 4.68 Å². The molecule has 15 heavy (non-hydrogen) atoms. The zero-order chi connectivity index (χ0) is 10.8. The van der Waals surface area contributed by atoms with Gasteiger partial charge in [-0.05, 0) is 12.1 Å². The fourth-order valence-electron chi connectivity index (χ4n) is 1.09. The van der Waals surface area contributed by atoms with E-state index in [-0.39, 0.29) is 0 Å². The van der Waals surface area contributed by atoms with E-state index in [2.05, 4.69) is 11.3 Å². The van der Waals surface area contributed by atoms with E-state index >= 15 is 0 Å². The van der Waals surface area contributed by atoms with E-state index in [4.69, 9.17) is 27.9 Å². The van der Waals surface area contributed by atoms with Crippen molar-refractivity contribution in [2.24, 2.45) is 7.05 Å². The Labute approximate surface area is 97.2 Å². The van der Waals surface area contributed by atoms with Gasteiger partial charge >= 0.3 is 0 Å². The van der Waals surface area contributed by atoms with Gasteiger partial charge in [0.15, 0.2) is 5.75 Å². The molecule has 0 fully saturated rings. The number of ether oxygens (including phenoxy) is 1. The van der Waals surface area contributed by atoms with Crippen molar-refractivity contribution in [3.63, 3.8) is 0 Å². The van der Waals surface area contributed by atoms with Crippen molar-refractivity contribution in [2.75, 3.05) is 0 Å². The molecule has 0 spiro atoms. The highest BCUT2D eigenvalue weighted by Crippen LogP contribution is 2.35. The highest BCUT2D eigenvalue weighted by atomic mass is 35.5. The van der Waals surface area contributed by atoms with Crippen LogP contribution in [0.3, 0.4) is 0 Å². The summed E-state index contributed by atoms with van der Waals surface area (Å²) in [6.45, 7) is 0. The monoisotopic (exact) mass is 241 g/mol. The third kappa shape index (κ3) is 2.25. The van der Waals surface area contributed by atoms with E-state index in [1.807, 2.05) is 0 Å². The van der Waals surface area contributed by atoms with Crippen molar-refractivity contribution in [3.05, 3.63) is 40.5 Å². The van der Waals surface area contributed by atoms with Gasteiger partial charge in [-0.25, -0.2) is 0 Å². The Morgan fingerprint density at radius 3 is 2.53 bits per heavy atom. The van der Waals surface area contributed by atoms with Crippen LogP contribution in [0.1, 0.15) is 0 Å². The summed E-state index contributed by atoms with van der Waals surface area (Å²) in [5, 5.41) is 4.91. The maximum Gasteiger partial charge on any atom is 0.239 e. The molecule has 1 aromatic carbocycles. The summed E-state index contributed by atoms with van der Waals surface area (Å²) < 4.78 is 6.95. The molecule has 1 aromatic heterocycles. The number of aromatic nitrogens is 2. The number of hydrogen-bond donors (Lipinski definition) is 0. The molecule has 0 bridgehead atoms. The Morgan fingerprint density at radius 2 is 2.00 bits per heavy atom. The minimum Gasteiger partial charge on any atom is -0.434 e. The van der Waals surface area contributed by atoms with E-state index in [0.29, 0.717) is 21.7 Å². The van der Waals surface area contributed by atoms with Crippen molar-refractivity contribution in [1.82, 2.24) is 9.78 Å². The van der Waals surface area contributed by atoms with Crippen LogP contribution in [0.25, 0.3) is 0 Å². The van der Waals surface area contributed by atoms with Gasteiger partial charge in [-0.15, -0.1) is 5.10 Å². The minimum atomic E-state index is 0.410. The molecule has 5 heteroatoms. The normalized spacial score (nSPS) is 10.3. The Balaban J connectivity index is 2.31. The maximum atomic E-state index is 5.93. The number of halogens is 2. The molecule has 2 rings (SSSR count). The van der Waals surface area contributed by atoms with Crippen LogP contribution in [-0.2, 0) is 7.05 Å². The fraction of sp³-hybridized carbons (Fsp3) is 0.100. The Bertz CT molecular complexity index is 462. The largest absolute Gasteiger partial charge is 0.434 e. The number of aryl methyl sites for hydroxylation is 1. The highest BCUT2D eigenvalue weighted by Gasteiger charge is 2.09. The first-order valence-corrected chi connectivity index (χ1v) is 4.96. The van der Waals surface area contributed by atoms with Gasteiger partial charge in [-0.2, -0.15) is 0 Å². The molecule has 3 nitrogen and oxygen atoms in total. The molecule has 1 radical (unpaired) electrons. The first kappa shape index (κ1) is 10.3.